The van der Waals surface area contributed by atoms with Crippen LogP contribution in [0.2, 0.25) is 0 Å². The third-order valence-electron chi connectivity index (χ3n) is 4.36. The number of aromatic nitrogens is 3. The van der Waals surface area contributed by atoms with Crippen molar-refractivity contribution < 1.29 is 4.74 Å². The Hall–Kier alpha value is -2.84. The van der Waals surface area contributed by atoms with Crippen LogP contribution in [0.5, 0.6) is 5.75 Å². The van der Waals surface area contributed by atoms with Gasteiger partial charge in [-0.15, -0.1) is 0 Å². The van der Waals surface area contributed by atoms with Gasteiger partial charge in [-0.2, -0.15) is 14.6 Å². The van der Waals surface area contributed by atoms with Crippen LogP contribution in [0.25, 0.3) is 11.0 Å². The average molecular weight is 484 g/mol. The third kappa shape index (κ3) is 4.49. The predicted molar refractivity (Wildman–Crippen MR) is 121 cm³/mol. The van der Waals surface area contributed by atoms with Gasteiger partial charge in [0, 0.05) is 10.9 Å². The number of rotatable bonds is 6. The number of thiazole rings is 1. The van der Waals surface area contributed by atoms with E-state index in [-0.39, 0.29) is 11.3 Å². The van der Waals surface area contributed by atoms with E-state index < -0.39 is 5.56 Å². The van der Waals surface area contributed by atoms with Gasteiger partial charge in [-0.1, -0.05) is 58.5 Å². The molecule has 0 bridgehead atoms. The third-order valence-corrected chi connectivity index (χ3v) is 5.82. The number of hydrogen-bond donors (Lipinski definition) is 0. The molecule has 152 valence electrons. The zero-order valence-electron chi connectivity index (χ0n) is 16.2. The molecule has 0 fully saturated rings. The van der Waals surface area contributed by atoms with Crippen molar-refractivity contribution in [1.29, 1.82) is 0 Å². The second-order valence-corrected chi connectivity index (χ2v) is 8.62. The van der Waals surface area contributed by atoms with Crippen molar-refractivity contribution in [2.24, 2.45) is 0 Å². The summed E-state index contributed by atoms with van der Waals surface area (Å²) in [6.07, 6.45) is 3.00. The van der Waals surface area contributed by atoms with Gasteiger partial charge in [0.15, 0.2) is 0 Å². The molecule has 0 aliphatic rings. The second-order valence-electron chi connectivity index (χ2n) is 6.70. The van der Waals surface area contributed by atoms with Gasteiger partial charge in [-0.05, 0) is 47.9 Å². The van der Waals surface area contributed by atoms with Gasteiger partial charge < -0.3 is 4.74 Å². The number of ether oxygens (including phenoxy) is 1. The van der Waals surface area contributed by atoms with Crippen molar-refractivity contribution in [2.45, 2.75) is 19.8 Å². The van der Waals surface area contributed by atoms with Crippen molar-refractivity contribution in [3.63, 3.8) is 0 Å². The lowest BCUT2D eigenvalue weighted by Gasteiger charge is -2.05. The molecule has 30 heavy (non-hydrogen) atoms. The highest BCUT2D eigenvalue weighted by atomic mass is 79.9. The molecule has 0 unspecified atom stereocenters. The summed E-state index contributed by atoms with van der Waals surface area (Å²) in [5.74, 6) is 0.784. The van der Waals surface area contributed by atoms with Crippen LogP contribution in [0.4, 0.5) is 0 Å². The van der Waals surface area contributed by atoms with Gasteiger partial charge in [0.2, 0.25) is 4.96 Å². The molecule has 0 amide bonds. The van der Waals surface area contributed by atoms with Crippen molar-refractivity contribution in [2.75, 3.05) is 6.61 Å². The fourth-order valence-electron chi connectivity index (χ4n) is 2.92. The molecule has 0 radical (unpaired) electrons. The van der Waals surface area contributed by atoms with Gasteiger partial charge in [-0.25, -0.2) is 0 Å². The van der Waals surface area contributed by atoms with Gasteiger partial charge in [0.05, 0.1) is 11.1 Å². The summed E-state index contributed by atoms with van der Waals surface area (Å²) < 4.78 is 8.18. The smallest absolute Gasteiger partial charge is 0.296 e. The number of benzene rings is 2. The monoisotopic (exact) mass is 483 g/mol. The summed E-state index contributed by atoms with van der Waals surface area (Å²) in [5, 5.41) is 4.30. The van der Waals surface area contributed by atoms with Crippen LogP contribution in [0.3, 0.4) is 0 Å². The van der Waals surface area contributed by atoms with E-state index in [9.17, 15) is 9.59 Å². The molecule has 0 aliphatic carbocycles. The van der Waals surface area contributed by atoms with Gasteiger partial charge >= 0.3 is 0 Å². The summed E-state index contributed by atoms with van der Waals surface area (Å²) in [6.45, 7) is 2.71. The molecule has 0 saturated carbocycles. The Labute approximate surface area is 184 Å². The lowest BCUT2D eigenvalue weighted by molar-refractivity contribution is 0.317. The maximum atomic E-state index is 12.8. The summed E-state index contributed by atoms with van der Waals surface area (Å²) in [7, 11) is 0. The fraction of sp³-hybridized carbons (Fsp3) is 0.182. The zero-order valence-corrected chi connectivity index (χ0v) is 18.6. The first kappa shape index (κ1) is 20.4. The van der Waals surface area contributed by atoms with Crippen LogP contribution in [0, 0.1) is 0 Å². The van der Waals surface area contributed by atoms with Crippen molar-refractivity contribution in [1.82, 2.24) is 14.6 Å². The van der Waals surface area contributed by atoms with E-state index in [0.717, 1.165) is 39.1 Å². The van der Waals surface area contributed by atoms with E-state index >= 15 is 0 Å². The van der Waals surface area contributed by atoms with E-state index in [1.807, 2.05) is 55.5 Å². The van der Waals surface area contributed by atoms with Crippen LogP contribution >= 0.6 is 27.3 Å². The standard InChI is InChI=1S/C22H18BrN3O3S/c1-2-10-29-17-8-6-14(7-9-17)12-18-20(27)24-22-26(25-18)21(28)19(30-22)13-15-4-3-5-16(23)11-15/h3-9,11,13H,2,10,12H2,1H3/b19-13+. The average Bonchev–Trinajstić information content (AvgIpc) is 3.02. The molecule has 0 saturated heterocycles. The van der Waals surface area contributed by atoms with Crippen LogP contribution in [-0.2, 0) is 6.42 Å². The van der Waals surface area contributed by atoms with Crippen LogP contribution in [0.15, 0.2) is 62.6 Å². The Balaban J connectivity index is 1.67. The molecule has 4 aromatic rings. The topological polar surface area (TPSA) is 73.6 Å². The van der Waals surface area contributed by atoms with Crippen molar-refractivity contribution in [3.05, 3.63) is 95.1 Å². The van der Waals surface area contributed by atoms with Gasteiger partial charge in [0.1, 0.15) is 11.4 Å². The van der Waals surface area contributed by atoms with Crippen LogP contribution < -0.4 is 20.4 Å². The molecular weight excluding hydrogens is 466 g/mol. The minimum absolute atomic E-state index is 0.235. The Morgan fingerprint density at radius 3 is 2.70 bits per heavy atom. The molecule has 2 aromatic heterocycles. The normalized spacial score (nSPS) is 11.9. The minimum atomic E-state index is -0.420. The Morgan fingerprint density at radius 2 is 1.97 bits per heavy atom. The van der Waals surface area contributed by atoms with Crippen molar-refractivity contribution >= 4 is 38.3 Å². The lowest BCUT2D eigenvalue weighted by atomic mass is 10.1. The van der Waals surface area contributed by atoms with Gasteiger partial charge in [0.25, 0.3) is 11.1 Å². The van der Waals surface area contributed by atoms with E-state index in [1.165, 1.54) is 4.52 Å². The van der Waals surface area contributed by atoms with Crippen molar-refractivity contribution in [3.8, 4) is 5.75 Å². The number of fused-ring (bicyclic) bond motifs is 1. The zero-order chi connectivity index (χ0) is 21.1. The molecule has 0 aliphatic heterocycles. The fourth-order valence-corrected chi connectivity index (χ4v) is 4.24. The summed E-state index contributed by atoms with van der Waals surface area (Å²) in [5.41, 5.74) is 1.30. The van der Waals surface area contributed by atoms with E-state index in [1.54, 1.807) is 6.08 Å². The molecular formula is C22H18BrN3O3S. The highest BCUT2D eigenvalue weighted by Gasteiger charge is 2.12. The Morgan fingerprint density at radius 1 is 1.17 bits per heavy atom. The highest BCUT2D eigenvalue weighted by Crippen LogP contribution is 2.14. The maximum absolute atomic E-state index is 12.8. The number of nitrogens with zero attached hydrogens (tertiary/aromatic N) is 3. The molecule has 0 N–H and O–H groups in total. The Bertz CT molecular complexity index is 1360. The van der Waals surface area contributed by atoms with E-state index in [4.69, 9.17) is 4.74 Å². The molecule has 2 aromatic carbocycles. The first-order chi connectivity index (χ1) is 14.5. The number of halogens is 1. The van der Waals surface area contributed by atoms with Crippen LogP contribution in [0.1, 0.15) is 30.2 Å². The SMILES string of the molecule is CCCOc1ccc(Cc2nn3c(=O)/c(=C\c4cccc(Br)c4)sc3nc2=O)cc1. The molecule has 0 spiro atoms. The maximum Gasteiger partial charge on any atom is 0.296 e. The molecule has 4 rings (SSSR count). The first-order valence-electron chi connectivity index (χ1n) is 9.45. The quantitative estimate of drug-likeness (QED) is 0.421. The summed E-state index contributed by atoms with van der Waals surface area (Å²) >= 11 is 4.57. The molecule has 2 heterocycles. The largest absolute Gasteiger partial charge is 0.494 e. The predicted octanol–water partition coefficient (Wildman–Crippen LogP) is 3.20. The first-order valence-corrected chi connectivity index (χ1v) is 11.1. The molecule has 8 heteroatoms. The van der Waals surface area contributed by atoms with E-state index in [2.05, 4.69) is 26.0 Å². The second kappa shape index (κ2) is 8.89. The van der Waals surface area contributed by atoms with Crippen LogP contribution in [-0.4, -0.2) is 21.2 Å². The highest BCUT2D eigenvalue weighted by molar-refractivity contribution is 9.10. The van der Waals surface area contributed by atoms with Gasteiger partial charge in [-0.3, -0.25) is 9.59 Å². The summed E-state index contributed by atoms with van der Waals surface area (Å²) in [6, 6.07) is 15.1. The minimum Gasteiger partial charge on any atom is -0.494 e. The summed E-state index contributed by atoms with van der Waals surface area (Å²) in [4.78, 5) is 29.6. The Kier molecular flexibility index (Phi) is 6.06. The lowest BCUT2D eigenvalue weighted by Crippen LogP contribution is -2.28. The molecule has 0 atom stereocenters. The molecule has 6 nitrogen and oxygen atoms in total. The number of hydrogen-bond acceptors (Lipinski definition) is 6. The van der Waals surface area contributed by atoms with E-state index in [0.29, 0.717) is 22.5 Å².